The summed E-state index contributed by atoms with van der Waals surface area (Å²) < 4.78 is 11.7. The van der Waals surface area contributed by atoms with E-state index in [0.717, 1.165) is 29.2 Å². The molecule has 0 amide bonds. The van der Waals surface area contributed by atoms with Crippen LogP contribution in [0.4, 0.5) is 5.69 Å². The third-order valence-corrected chi connectivity index (χ3v) is 5.16. The fraction of sp³-hybridized carbons (Fsp3) is 0.278. The molecule has 0 spiro atoms. The second-order valence-electron chi connectivity index (χ2n) is 6.18. The molecule has 2 aromatic carbocycles. The highest BCUT2D eigenvalue weighted by atomic mass is 35.5. The van der Waals surface area contributed by atoms with E-state index in [4.69, 9.17) is 33.3 Å². The van der Waals surface area contributed by atoms with Crippen molar-refractivity contribution in [3.63, 3.8) is 0 Å². The molecule has 4 nitrogen and oxygen atoms in total. The minimum atomic E-state index is -0.614. The third kappa shape index (κ3) is 2.31. The maximum absolute atomic E-state index is 6.37. The van der Waals surface area contributed by atoms with Gasteiger partial charge in [0, 0.05) is 18.1 Å². The van der Waals surface area contributed by atoms with Crippen LogP contribution in [0.1, 0.15) is 24.9 Å². The Hall–Kier alpha value is -1.98. The molecule has 1 saturated heterocycles. The largest absolute Gasteiger partial charge is 0.497 e. The summed E-state index contributed by atoms with van der Waals surface area (Å²) in [7, 11) is 1.65. The quantitative estimate of drug-likeness (QED) is 0.808. The molecule has 0 aliphatic carbocycles. The number of benzene rings is 2. The van der Waals surface area contributed by atoms with Crippen LogP contribution in [-0.2, 0) is 0 Å². The number of nitrogens with zero attached hydrogens (tertiary/aromatic N) is 1. The Bertz CT molecular complexity index is 828. The number of thiocarbonyl (C=S) groups is 1. The van der Waals surface area contributed by atoms with Crippen molar-refractivity contribution in [1.29, 1.82) is 0 Å². The first kappa shape index (κ1) is 15.5. The van der Waals surface area contributed by atoms with E-state index < -0.39 is 5.72 Å². The van der Waals surface area contributed by atoms with E-state index in [-0.39, 0.29) is 6.04 Å². The molecule has 2 bridgehead atoms. The van der Waals surface area contributed by atoms with Gasteiger partial charge >= 0.3 is 0 Å². The molecule has 0 saturated carbocycles. The summed E-state index contributed by atoms with van der Waals surface area (Å²) in [6.07, 6.45) is 0.762. The molecule has 1 N–H and O–H groups in total. The molecule has 2 aliphatic heterocycles. The number of ether oxygens (including phenoxy) is 2. The minimum absolute atomic E-state index is 0.0896. The minimum Gasteiger partial charge on any atom is -0.497 e. The summed E-state index contributed by atoms with van der Waals surface area (Å²) in [6, 6.07) is 13.7. The second kappa shape index (κ2) is 5.53. The second-order valence-corrected chi connectivity index (χ2v) is 6.97. The lowest BCUT2D eigenvalue weighted by Crippen LogP contribution is -2.65. The molecular formula is C18H17ClN2O2S. The first-order valence-electron chi connectivity index (χ1n) is 7.74. The van der Waals surface area contributed by atoms with Gasteiger partial charge in [0.15, 0.2) is 10.8 Å². The lowest BCUT2D eigenvalue weighted by Gasteiger charge is -2.52. The SMILES string of the molecule is COc1cccc(N2C(=S)N[C@H]3C[C@@]2(C)Oc2c(Cl)cccc23)c1. The summed E-state index contributed by atoms with van der Waals surface area (Å²) in [5.41, 5.74) is 1.35. The van der Waals surface area contributed by atoms with Crippen molar-refractivity contribution in [3.05, 3.63) is 53.1 Å². The van der Waals surface area contributed by atoms with Crippen LogP contribution in [0.25, 0.3) is 0 Å². The molecule has 2 atom stereocenters. The summed E-state index contributed by atoms with van der Waals surface area (Å²) in [5.74, 6) is 1.50. The van der Waals surface area contributed by atoms with Crippen molar-refractivity contribution in [2.75, 3.05) is 12.0 Å². The zero-order valence-electron chi connectivity index (χ0n) is 13.4. The van der Waals surface area contributed by atoms with Gasteiger partial charge in [0.05, 0.1) is 23.9 Å². The predicted octanol–water partition coefficient (Wildman–Crippen LogP) is 4.28. The first-order valence-corrected chi connectivity index (χ1v) is 8.53. The third-order valence-electron chi connectivity index (χ3n) is 4.56. The van der Waals surface area contributed by atoms with E-state index in [2.05, 4.69) is 5.32 Å². The van der Waals surface area contributed by atoms with Gasteiger partial charge in [-0.3, -0.25) is 4.90 Å². The molecule has 2 aliphatic rings. The zero-order valence-corrected chi connectivity index (χ0v) is 14.9. The number of hydrogen-bond acceptors (Lipinski definition) is 3. The predicted molar refractivity (Wildman–Crippen MR) is 99.0 cm³/mol. The van der Waals surface area contributed by atoms with Crippen LogP contribution in [0.15, 0.2) is 42.5 Å². The topological polar surface area (TPSA) is 33.7 Å². The fourth-order valence-corrected chi connectivity index (χ4v) is 4.15. The monoisotopic (exact) mass is 360 g/mol. The van der Waals surface area contributed by atoms with Crippen molar-refractivity contribution in [2.24, 2.45) is 0 Å². The van der Waals surface area contributed by atoms with Gasteiger partial charge in [-0.2, -0.15) is 0 Å². The van der Waals surface area contributed by atoms with Crippen LogP contribution < -0.4 is 19.7 Å². The number of methoxy groups -OCH3 is 1. The molecule has 24 heavy (non-hydrogen) atoms. The number of rotatable bonds is 2. The van der Waals surface area contributed by atoms with Crippen LogP contribution in [0.5, 0.6) is 11.5 Å². The van der Waals surface area contributed by atoms with E-state index in [1.54, 1.807) is 7.11 Å². The molecule has 0 unspecified atom stereocenters. The average Bonchev–Trinajstić information content (AvgIpc) is 2.55. The zero-order chi connectivity index (χ0) is 16.9. The van der Waals surface area contributed by atoms with Gasteiger partial charge in [-0.25, -0.2) is 0 Å². The van der Waals surface area contributed by atoms with Crippen molar-refractivity contribution in [3.8, 4) is 11.5 Å². The van der Waals surface area contributed by atoms with Crippen LogP contribution in [0.3, 0.4) is 0 Å². The molecular weight excluding hydrogens is 344 g/mol. The fourth-order valence-electron chi connectivity index (χ4n) is 3.49. The normalized spacial score (nSPS) is 24.7. The standard InChI is InChI=1S/C18H17ClN2O2S/c1-18-10-15(13-7-4-8-14(19)16(13)23-18)20-17(24)21(18)11-5-3-6-12(9-11)22-2/h3-9,15H,10H2,1-2H3,(H,20,24)/t15-,18+/m0/s1. The number of anilines is 1. The Morgan fingerprint density at radius 3 is 2.92 bits per heavy atom. The van der Waals surface area contributed by atoms with Gasteiger partial charge in [-0.05, 0) is 37.3 Å². The van der Waals surface area contributed by atoms with E-state index in [1.165, 1.54) is 0 Å². The number of fused-ring (bicyclic) bond motifs is 4. The van der Waals surface area contributed by atoms with Crippen LogP contribution >= 0.6 is 23.8 Å². The number of hydrogen-bond donors (Lipinski definition) is 1. The van der Waals surface area contributed by atoms with Crippen molar-refractivity contribution >= 4 is 34.6 Å². The average molecular weight is 361 g/mol. The molecule has 1 fully saturated rings. The Labute approximate surface area is 151 Å². The van der Waals surface area contributed by atoms with E-state index >= 15 is 0 Å². The first-order chi connectivity index (χ1) is 11.5. The van der Waals surface area contributed by atoms with Gasteiger partial charge in [-0.15, -0.1) is 0 Å². The van der Waals surface area contributed by atoms with Gasteiger partial charge < -0.3 is 14.8 Å². The maximum atomic E-state index is 6.37. The highest BCUT2D eigenvalue weighted by molar-refractivity contribution is 7.80. The van der Waals surface area contributed by atoms with Crippen molar-refractivity contribution in [1.82, 2.24) is 5.32 Å². The number of halogens is 1. The Kier molecular flexibility index (Phi) is 3.58. The lowest BCUT2D eigenvalue weighted by molar-refractivity contribution is 0.0499. The van der Waals surface area contributed by atoms with Crippen molar-refractivity contribution in [2.45, 2.75) is 25.1 Å². The Morgan fingerprint density at radius 2 is 2.12 bits per heavy atom. The van der Waals surface area contributed by atoms with Gasteiger partial charge in [0.2, 0.25) is 0 Å². The van der Waals surface area contributed by atoms with Crippen LogP contribution in [0, 0.1) is 0 Å². The molecule has 2 aromatic rings. The molecule has 2 heterocycles. The Balaban J connectivity index is 1.81. The number of nitrogens with one attached hydrogen (secondary N) is 1. The molecule has 0 aromatic heterocycles. The van der Waals surface area contributed by atoms with Gasteiger partial charge in [-0.1, -0.05) is 29.8 Å². The molecule has 0 radical (unpaired) electrons. The summed E-state index contributed by atoms with van der Waals surface area (Å²) in [5, 5.41) is 4.67. The highest BCUT2D eigenvalue weighted by Crippen LogP contribution is 2.48. The molecule has 4 rings (SSSR count). The number of para-hydroxylation sites is 1. The Morgan fingerprint density at radius 1 is 1.33 bits per heavy atom. The summed E-state index contributed by atoms with van der Waals surface area (Å²) >= 11 is 12.0. The summed E-state index contributed by atoms with van der Waals surface area (Å²) in [6.45, 7) is 2.04. The maximum Gasteiger partial charge on any atom is 0.188 e. The summed E-state index contributed by atoms with van der Waals surface area (Å²) in [4.78, 5) is 1.99. The van der Waals surface area contributed by atoms with Crippen molar-refractivity contribution < 1.29 is 9.47 Å². The van der Waals surface area contributed by atoms with Gasteiger partial charge in [0.1, 0.15) is 11.5 Å². The highest BCUT2D eigenvalue weighted by Gasteiger charge is 2.48. The molecule has 124 valence electrons. The van der Waals surface area contributed by atoms with Gasteiger partial charge in [0.25, 0.3) is 0 Å². The van der Waals surface area contributed by atoms with E-state index in [0.29, 0.717) is 10.1 Å². The smallest absolute Gasteiger partial charge is 0.188 e. The van der Waals surface area contributed by atoms with E-state index in [9.17, 15) is 0 Å². The lowest BCUT2D eigenvalue weighted by atomic mass is 9.90. The van der Waals surface area contributed by atoms with E-state index in [1.807, 2.05) is 54.3 Å². The van der Waals surface area contributed by atoms with Crippen LogP contribution in [-0.4, -0.2) is 17.9 Å². The molecule has 6 heteroatoms. The van der Waals surface area contributed by atoms with Crippen LogP contribution in [0.2, 0.25) is 5.02 Å².